The number of rotatable bonds is 3. The van der Waals surface area contributed by atoms with Crippen molar-refractivity contribution >= 4 is 22.9 Å². The second-order valence-electron chi connectivity index (χ2n) is 3.81. The summed E-state index contributed by atoms with van der Waals surface area (Å²) in [7, 11) is 0. The van der Waals surface area contributed by atoms with E-state index >= 15 is 0 Å². The van der Waals surface area contributed by atoms with E-state index in [0.717, 1.165) is 16.9 Å². The van der Waals surface area contributed by atoms with E-state index in [1.807, 2.05) is 6.07 Å². The molecule has 0 amide bonds. The van der Waals surface area contributed by atoms with Crippen molar-refractivity contribution in [2.45, 2.75) is 19.4 Å². The minimum atomic E-state index is -0.424. The van der Waals surface area contributed by atoms with E-state index < -0.39 is 5.82 Å². The first-order valence-electron chi connectivity index (χ1n) is 5.41. The lowest BCUT2D eigenvalue weighted by Gasteiger charge is -2.10. The Labute approximate surface area is 109 Å². The van der Waals surface area contributed by atoms with Gasteiger partial charge in [-0.25, -0.2) is 4.39 Å². The van der Waals surface area contributed by atoms with Gasteiger partial charge in [-0.05, 0) is 36.2 Å². The number of aryl methyl sites for hydroxylation is 1. The molecule has 1 heterocycles. The van der Waals surface area contributed by atoms with Crippen molar-refractivity contribution < 1.29 is 4.39 Å². The van der Waals surface area contributed by atoms with Gasteiger partial charge in [0.15, 0.2) is 0 Å². The number of nitrogens with two attached hydrogens (primary N) is 1. The van der Waals surface area contributed by atoms with Crippen LogP contribution >= 0.6 is 22.9 Å². The molecular formula is C13H13ClFNS. The third-order valence-electron chi connectivity index (χ3n) is 2.64. The summed E-state index contributed by atoms with van der Waals surface area (Å²) in [6.45, 7) is 2.10. The fourth-order valence-corrected chi connectivity index (χ4v) is 2.72. The Hall–Kier alpha value is -0.900. The number of benzene rings is 1. The zero-order chi connectivity index (χ0) is 12.4. The Kier molecular flexibility index (Phi) is 3.82. The molecule has 0 bridgehead atoms. The van der Waals surface area contributed by atoms with Crippen LogP contribution < -0.4 is 5.73 Å². The summed E-state index contributed by atoms with van der Waals surface area (Å²) in [5.41, 5.74) is 6.85. The van der Waals surface area contributed by atoms with Crippen LogP contribution in [0.5, 0.6) is 0 Å². The van der Waals surface area contributed by atoms with Gasteiger partial charge in [0.05, 0.1) is 11.1 Å². The minimum absolute atomic E-state index is 0.126. The van der Waals surface area contributed by atoms with Crippen LogP contribution in [0.2, 0.25) is 5.02 Å². The molecule has 0 fully saturated rings. The van der Waals surface area contributed by atoms with Crippen molar-refractivity contribution in [1.82, 2.24) is 0 Å². The second kappa shape index (κ2) is 5.17. The Morgan fingerprint density at radius 3 is 2.71 bits per heavy atom. The topological polar surface area (TPSA) is 26.0 Å². The van der Waals surface area contributed by atoms with Crippen molar-refractivity contribution in [1.29, 1.82) is 0 Å². The summed E-state index contributed by atoms with van der Waals surface area (Å²) < 4.78 is 13.3. The van der Waals surface area contributed by atoms with Crippen LogP contribution in [-0.2, 0) is 6.42 Å². The van der Waals surface area contributed by atoms with Gasteiger partial charge in [-0.1, -0.05) is 24.6 Å². The maximum Gasteiger partial charge on any atom is 0.142 e. The molecule has 2 rings (SSSR count). The standard InChI is InChI=1S/C13H13ClFNS/c1-2-9-4-6-12(17-9)13(16)8-3-5-10(14)11(15)7-8/h3-7,13H,2,16H2,1H3. The first-order valence-corrected chi connectivity index (χ1v) is 6.60. The largest absolute Gasteiger partial charge is 0.320 e. The van der Waals surface area contributed by atoms with Crippen LogP contribution in [0.1, 0.15) is 28.3 Å². The molecule has 1 aromatic carbocycles. The first kappa shape index (κ1) is 12.6. The summed E-state index contributed by atoms with van der Waals surface area (Å²) >= 11 is 7.31. The lowest BCUT2D eigenvalue weighted by atomic mass is 10.1. The molecule has 2 aromatic rings. The molecule has 2 N–H and O–H groups in total. The zero-order valence-electron chi connectivity index (χ0n) is 9.41. The third kappa shape index (κ3) is 2.68. The van der Waals surface area contributed by atoms with Gasteiger partial charge >= 0.3 is 0 Å². The van der Waals surface area contributed by atoms with Crippen LogP contribution in [0.25, 0.3) is 0 Å². The first-order chi connectivity index (χ1) is 8.11. The minimum Gasteiger partial charge on any atom is -0.320 e. The predicted octanol–water partition coefficient (Wildman–Crippen LogP) is 4.15. The van der Waals surface area contributed by atoms with E-state index in [-0.39, 0.29) is 11.1 Å². The molecule has 1 unspecified atom stereocenters. The number of halogens is 2. The maximum atomic E-state index is 13.3. The normalized spacial score (nSPS) is 12.7. The maximum absolute atomic E-state index is 13.3. The molecule has 0 aliphatic carbocycles. The molecular weight excluding hydrogens is 257 g/mol. The van der Waals surface area contributed by atoms with Crippen LogP contribution in [0.3, 0.4) is 0 Å². The van der Waals surface area contributed by atoms with Crippen molar-refractivity contribution in [3.05, 3.63) is 56.5 Å². The summed E-state index contributed by atoms with van der Waals surface area (Å²) in [6.07, 6.45) is 0.992. The second-order valence-corrected chi connectivity index (χ2v) is 5.42. The Morgan fingerprint density at radius 2 is 2.12 bits per heavy atom. The van der Waals surface area contributed by atoms with Crippen LogP contribution in [-0.4, -0.2) is 0 Å². The fraction of sp³-hybridized carbons (Fsp3) is 0.231. The van der Waals surface area contributed by atoms with E-state index in [1.54, 1.807) is 23.5 Å². The summed E-state index contributed by atoms with van der Waals surface area (Å²) in [5.74, 6) is -0.424. The third-order valence-corrected chi connectivity index (χ3v) is 4.26. The Bertz CT molecular complexity index is 524. The lowest BCUT2D eigenvalue weighted by Crippen LogP contribution is -2.10. The molecule has 0 saturated carbocycles. The van der Waals surface area contributed by atoms with Gasteiger partial charge in [0.2, 0.25) is 0 Å². The Morgan fingerprint density at radius 1 is 1.35 bits per heavy atom. The molecule has 4 heteroatoms. The predicted molar refractivity (Wildman–Crippen MR) is 71.1 cm³/mol. The molecule has 0 aliphatic heterocycles. The average molecular weight is 270 g/mol. The van der Waals surface area contributed by atoms with E-state index in [0.29, 0.717) is 0 Å². The lowest BCUT2D eigenvalue weighted by molar-refractivity contribution is 0.624. The molecule has 1 nitrogen and oxygen atoms in total. The number of hydrogen-bond donors (Lipinski definition) is 1. The zero-order valence-corrected chi connectivity index (χ0v) is 11.0. The highest BCUT2D eigenvalue weighted by atomic mass is 35.5. The molecule has 0 saturated heterocycles. The average Bonchev–Trinajstić information content (AvgIpc) is 2.80. The smallest absolute Gasteiger partial charge is 0.142 e. The summed E-state index contributed by atoms with van der Waals surface area (Å²) in [4.78, 5) is 2.33. The monoisotopic (exact) mass is 269 g/mol. The quantitative estimate of drug-likeness (QED) is 0.890. The van der Waals surface area contributed by atoms with Gasteiger partial charge in [-0.15, -0.1) is 11.3 Å². The van der Waals surface area contributed by atoms with Gasteiger partial charge < -0.3 is 5.73 Å². The van der Waals surface area contributed by atoms with E-state index in [2.05, 4.69) is 13.0 Å². The summed E-state index contributed by atoms with van der Waals surface area (Å²) in [5, 5.41) is 0.126. The van der Waals surface area contributed by atoms with E-state index in [4.69, 9.17) is 17.3 Å². The van der Waals surface area contributed by atoms with Crippen LogP contribution in [0.15, 0.2) is 30.3 Å². The van der Waals surface area contributed by atoms with Crippen molar-refractivity contribution in [3.63, 3.8) is 0 Å². The Balaban J connectivity index is 2.29. The van der Waals surface area contributed by atoms with Gasteiger partial charge in [0.25, 0.3) is 0 Å². The van der Waals surface area contributed by atoms with Gasteiger partial charge in [-0.2, -0.15) is 0 Å². The number of thiophene rings is 1. The molecule has 0 aliphatic rings. The van der Waals surface area contributed by atoms with Crippen LogP contribution in [0, 0.1) is 5.82 Å². The van der Waals surface area contributed by atoms with E-state index in [1.165, 1.54) is 10.9 Å². The van der Waals surface area contributed by atoms with Gasteiger partial charge in [0, 0.05) is 9.75 Å². The van der Waals surface area contributed by atoms with Crippen molar-refractivity contribution in [2.75, 3.05) is 0 Å². The molecule has 17 heavy (non-hydrogen) atoms. The molecule has 0 radical (unpaired) electrons. The molecule has 1 atom stereocenters. The fourth-order valence-electron chi connectivity index (χ4n) is 1.62. The highest BCUT2D eigenvalue weighted by Crippen LogP contribution is 2.28. The van der Waals surface area contributed by atoms with E-state index in [9.17, 15) is 4.39 Å². The SMILES string of the molecule is CCc1ccc(C(N)c2ccc(Cl)c(F)c2)s1. The highest BCUT2D eigenvalue weighted by molar-refractivity contribution is 7.12. The summed E-state index contributed by atoms with van der Waals surface area (Å²) in [6, 6.07) is 8.49. The van der Waals surface area contributed by atoms with Crippen LogP contribution in [0.4, 0.5) is 4.39 Å². The van der Waals surface area contributed by atoms with Crippen molar-refractivity contribution in [2.24, 2.45) is 5.73 Å². The molecule has 1 aromatic heterocycles. The molecule has 0 spiro atoms. The highest BCUT2D eigenvalue weighted by Gasteiger charge is 2.13. The van der Waals surface area contributed by atoms with Gasteiger partial charge in [-0.3, -0.25) is 0 Å². The van der Waals surface area contributed by atoms with Crippen molar-refractivity contribution in [3.8, 4) is 0 Å². The molecule has 90 valence electrons. The van der Waals surface area contributed by atoms with Gasteiger partial charge in [0.1, 0.15) is 5.82 Å². The number of hydrogen-bond acceptors (Lipinski definition) is 2.